The van der Waals surface area contributed by atoms with Crippen molar-refractivity contribution in [2.24, 2.45) is 11.3 Å². The zero-order valence-electron chi connectivity index (χ0n) is 9.20. The van der Waals surface area contributed by atoms with Crippen molar-refractivity contribution in [2.75, 3.05) is 10.7 Å². The molecule has 0 N–H and O–H groups in total. The van der Waals surface area contributed by atoms with E-state index in [1.165, 1.54) is 55.6 Å². The highest BCUT2D eigenvalue weighted by Gasteiger charge is 2.37. The minimum absolute atomic E-state index is 0.548. The van der Waals surface area contributed by atoms with Gasteiger partial charge in [-0.05, 0) is 30.6 Å². The smallest absolute Gasteiger partial charge is 0.00986 e. The second kappa shape index (κ2) is 6.52. The molecule has 1 saturated carbocycles. The maximum Gasteiger partial charge on any atom is 0.00986 e. The van der Waals surface area contributed by atoms with Crippen molar-refractivity contribution in [3.05, 3.63) is 0 Å². The third-order valence-electron chi connectivity index (χ3n) is 3.78. The van der Waals surface area contributed by atoms with Gasteiger partial charge in [-0.1, -0.05) is 64.5 Å². The van der Waals surface area contributed by atoms with Crippen LogP contribution in [-0.4, -0.2) is 10.7 Å². The van der Waals surface area contributed by atoms with Gasteiger partial charge in [-0.2, -0.15) is 0 Å². The SMILES string of the molecule is CCCCC(CBr)(CBr)C1CCCC1. The normalized spacial score (nSPS) is 19.1. The van der Waals surface area contributed by atoms with Crippen molar-refractivity contribution >= 4 is 31.9 Å². The molecule has 1 aliphatic rings. The molecule has 0 amide bonds. The quantitative estimate of drug-likeness (QED) is 0.593. The Balaban J connectivity index is 2.57. The molecule has 0 aliphatic heterocycles. The van der Waals surface area contributed by atoms with Crippen molar-refractivity contribution in [2.45, 2.75) is 51.9 Å². The van der Waals surface area contributed by atoms with Crippen LogP contribution in [0.2, 0.25) is 0 Å². The Hall–Kier alpha value is 0.960. The molecule has 0 aromatic heterocycles. The molecule has 14 heavy (non-hydrogen) atoms. The fraction of sp³-hybridized carbons (Fsp3) is 1.00. The van der Waals surface area contributed by atoms with Crippen molar-refractivity contribution in [3.8, 4) is 0 Å². The zero-order chi connectivity index (χ0) is 10.4. The summed E-state index contributed by atoms with van der Waals surface area (Å²) in [6, 6.07) is 0. The van der Waals surface area contributed by atoms with Gasteiger partial charge in [0.15, 0.2) is 0 Å². The predicted octanol–water partition coefficient (Wildman–Crippen LogP) is 5.14. The molecular weight excluding hydrogens is 304 g/mol. The van der Waals surface area contributed by atoms with E-state index in [1.807, 2.05) is 0 Å². The molecule has 0 unspecified atom stereocenters. The van der Waals surface area contributed by atoms with Gasteiger partial charge < -0.3 is 0 Å². The van der Waals surface area contributed by atoms with Crippen LogP contribution in [0.3, 0.4) is 0 Å². The molecule has 1 fully saturated rings. The summed E-state index contributed by atoms with van der Waals surface area (Å²) in [6.45, 7) is 2.29. The number of unbranched alkanes of at least 4 members (excludes halogenated alkanes) is 1. The molecule has 0 saturated heterocycles. The fourth-order valence-corrected chi connectivity index (χ4v) is 5.06. The van der Waals surface area contributed by atoms with Gasteiger partial charge >= 0.3 is 0 Å². The van der Waals surface area contributed by atoms with Crippen LogP contribution in [0.1, 0.15) is 51.9 Å². The van der Waals surface area contributed by atoms with Gasteiger partial charge in [0.2, 0.25) is 0 Å². The number of rotatable bonds is 6. The van der Waals surface area contributed by atoms with Gasteiger partial charge in [-0.3, -0.25) is 0 Å². The van der Waals surface area contributed by atoms with Crippen LogP contribution < -0.4 is 0 Å². The molecule has 0 bridgehead atoms. The van der Waals surface area contributed by atoms with Crippen molar-refractivity contribution in [1.82, 2.24) is 0 Å². The maximum absolute atomic E-state index is 3.74. The van der Waals surface area contributed by atoms with E-state index < -0.39 is 0 Å². The summed E-state index contributed by atoms with van der Waals surface area (Å²) in [5, 5.41) is 2.35. The average Bonchev–Trinajstić information content (AvgIpc) is 2.74. The Kier molecular flexibility index (Phi) is 6.07. The first-order valence-corrected chi connectivity index (χ1v) is 8.15. The summed E-state index contributed by atoms with van der Waals surface area (Å²) in [7, 11) is 0. The van der Waals surface area contributed by atoms with Crippen molar-refractivity contribution in [3.63, 3.8) is 0 Å². The lowest BCUT2D eigenvalue weighted by molar-refractivity contribution is 0.211. The summed E-state index contributed by atoms with van der Waals surface area (Å²) in [5.41, 5.74) is 0.548. The van der Waals surface area contributed by atoms with E-state index in [-0.39, 0.29) is 0 Å². The molecule has 0 heterocycles. The maximum atomic E-state index is 3.74. The van der Waals surface area contributed by atoms with Gasteiger partial charge in [0, 0.05) is 10.7 Å². The molecule has 1 aliphatic carbocycles. The first kappa shape index (κ1) is 13.0. The predicted molar refractivity (Wildman–Crippen MR) is 71.5 cm³/mol. The molecule has 84 valence electrons. The summed E-state index contributed by atoms with van der Waals surface area (Å²) < 4.78 is 0. The van der Waals surface area contributed by atoms with Crippen LogP contribution in [0.4, 0.5) is 0 Å². The molecule has 0 aromatic rings. The van der Waals surface area contributed by atoms with Crippen LogP contribution in [0, 0.1) is 11.3 Å². The van der Waals surface area contributed by atoms with Gasteiger partial charge in [0.1, 0.15) is 0 Å². The van der Waals surface area contributed by atoms with Gasteiger partial charge in [0.25, 0.3) is 0 Å². The van der Waals surface area contributed by atoms with Crippen LogP contribution in [-0.2, 0) is 0 Å². The lowest BCUT2D eigenvalue weighted by atomic mass is 9.74. The monoisotopic (exact) mass is 324 g/mol. The molecule has 0 radical (unpaired) electrons. The zero-order valence-corrected chi connectivity index (χ0v) is 12.4. The molecule has 2 heteroatoms. The number of alkyl halides is 2. The fourth-order valence-electron chi connectivity index (χ4n) is 2.66. The highest BCUT2D eigenvalue weighted by Crippen LogP contribution is 2.45. The van der Waals surface area contributed by atoms with Gasteiger partial charge in [-0.15, -0.1) is 0 Å². The highest BCUT2D eigenvalue weighted by atomic mass is 79.9. The van der Waals surface area contributed by atoms with Crippen molar-refractivity contribution in [1.29, 1.82) is 0 Å². The van der Waals surface area contributed by atoms with E-state index in [2.05, 4.69) is 38.8 Å². The second-order valence-electron chi connectivity index (χ2n) is 4.71. The number of halogens is 2. The lowest BCUT2D eigenvalue weighted by Gasteiger charge is -2.36. The third-order valence-corrected chi connectivity index (χ3v) is 6.02. The molecule has 0 spiro atoms. The molecule has 0 atom stereocenters. The van der Waals surface area contributed by atoms with Crippen LogP contribution in [0.25, 0.3) is 0 Å². The van der Waals surface area contributed by atoms with Crippen LogP contribution >= 0.6 is 31.9 Å². The standard InChI is InChI=1S/C12H22Br2/c1-2-3-8-12(9-13,10-14)11-6-4-5-7-11/h11H,2-10H2,1H3. The molecular formula is C12H22Br2. The lowest BCUT2D eigenvalue weighted by Crippen LogP contribution is -2.32. The average molecular weight is 326 g/mol. The Morgan fingerprint density at radius 3 is 2.14 bits per heavy atom. The summed E-state index contributed by atoms with van der Waals surface area (Å²) >= 11 is 7.49. The Morgan fingerprint density at radius 1 is 1.14 bits per heavy atom. The van der Waals surface area contributed by atoms with E-state index in [1.54, 1.807) is 0 Å². The summed E-state index contributed by atoms with van der Waals surface area (Å²) in [4.78, 5) is 0. The third kappa shape index (κ3) is 2.98. The van der Waals surface area contributed by atoms with E-state index >= 15 is 0 Å². The van der Waals surface area contributed by atoms with E-state index in [0.717, 1.165) is 5.92 Å². The minimum atomic E-state index is 0.548. The number of hydrogen-bond acceptors (Lipinski definition) is 0. The first-order chi connectivity index (χ1) is 6.79. The molecule has 0 aromatic carbocycles. The summed E-state index contributed by atoms with van der Waals surface area (Å²) in [6.07, 6.45) is 9.94. The minimum Gasteiger partial charge on any atom is -0.0922 e. The highest BCUT2D eigenvalue weighted by molar-refractivity contribution is 9.09. The second-order valence-corrected chi connectivity index (χ2v) is 5.84. The van der Waals surface area contributed by atoms with Crippen LogP contribution in [0.5, 0.6) is 0 Å². The first-order valence-electron chi connectivity index (χ1n) is 5.91. The van der Waals surface area contributed by atoms with Gasteiger partial charge in [0.05, 0.1) is 0 Å². The Labute approximate surface area is 105 Å². The van der Waals surface area contributed by atoms with Gasteiger partial charge in [-0.25, -0.2) is 0 Å². The van der Waals surface area contributed by atoms with E-state index in [9.17, 15) is 0 Å². The van der Waals surface area contributed by atoms with Crippen molar-refractivity contribution < 1.29 is 0 Å². The summed E-state index contributed by atoms with van der Waals surface area (Å²) in [5.74, 6) is 0.966. The van der Waals surface area contributed by atoms with Crippen LogP contribution in [0.15, 0.2) is 0 Å². The molecule has 1 rings (SSSR count). The number of hydrogen-bond donors (Lipinski definition) is 0. The topological polar surface area (TPSA) is 0 Å². The van der Waals surface area contributed by atoms with E-state index in [0.29, 0.717) is 5.41 Å². The Bertz CT molecular complexity index is 146. The van der Waals surface area contributed by atoms with E-state index in [4.69, 9.17) is 0 Å². The molecule has 0 nitrogen and oxygen atoms in total. The largest absolute Gasteiger partial charge is 0.0922 e. The Morgan fingerprint density at radius 2 is 1.71 bits per heavy atom.